The van der Waals surface area contributed by atoms with E-state index in [1.54, 1.807) is 11.3 Å². The molecular weight excluding hydrogens is 294 g/mol. The highest BCUT2D eigenvalue weighted by Gasteiger charge is 2.22. The fourth-order valence-electron chi connectivity index (χ4n) is 2.84. The monoisotopic (exact) mass is 315 g/mol. The normalized spacial score (nSPS) is 15.2. The summed E-state index contributed by atoms with van der Waals surface area (Å²) >= 11 is 1.64. The molecule has 116 valence electrons. The lowest BCUT2D eigenvalue weighted by molar-refractivity contribution is -0.130. The number of rotatable bonds is 3. The van der Waals surface area contributed by atoms with Gasteiger partial charge in [-0.2, -0.15) is 0 Å². The summed E-state index contributed by atoms with van der Waals surface area (Å²) in [5, 5.41) is 1.04. The Morgan fingerprint density at radius 3 is 2.41 bits per heavy atom. The van der Waals surface area contributed by atoms with Crippen molar-refractivity contribution in [2.24, 2.45) is 0 Å². The van der Waals surface area contributed by atoms with Gasteiger partial charge in [0.1, 0.15) is 0 Å². The highest BCUT2D eigenvalue weighted by molar-refractivity contribution is 7.11. The molecule has 5 heteroatoms. The van der Waals surface area contributed by atoms with Crippen LogP contribution in [0.1, 0.15) is 15.6 Å². The number of carbonyl (C=O) groups excluding carboxylic acids is 1. The molecule has 0 saturated carbocycles. The van der Waals surface area contributed by atoms with Gasteiger partial charge >= 0.3 is 0 Å². The molecule has 0 unspecified atom stereocenters. The van der Waals surface area contributed by atoms with Crippen molar-refractivity contribution < 1.29 is 4.79 Å². The lowest BCUT2D eigenvalue weighted by Crippen LogP contribution is -2.49. The number of nitrogens with zero attached hydrogens (tertiary/aromatic N) is 3. The van der Waals surface area contributed by atoms with Crippen LogP contribution in [-0.4, -0.2) is 42.0 Å². The van der Waals surface area contributed by atoms with Crippen LogP contribution in [-0.2, 0) is 11.2 Å². The summed E-state index contributed by atoms with van der Waals surface area (Å²) in [5.41, 5.74) is 2.24. The van der Waals surface area contributed by atoms with E-state index >= 15 is 0 Å². The average molecular weight is 315 g/mol. The van der Waals surface area contributed by atoms with Crippen LogP contribution >= 0.6 is 11.3 Å². The fraction of sp³-hybridized carbons (Fsp3) is 0.412. The zero-order valence-electron chi connectivity index (χ0n) is 13.1. The smallest absolute Gasteiger partial charge is 0.228 e. The quantitative estimate of drug-likeness (QED) is 0.874. The number of anilines is 1. The molecule has 3 rings (SSSR count). The van der Waals surface area contributed by atoms with Crippen LogP contribution in [0.4, 0.5) is 5.69 Å². The Morgan fingerprint density at radius 2 is 1.82 bits per heavy atom. The molecule has 22 heavy (non-hydrogen) atoms. The van der Waals surface area contributed by atoms with E-state index in [1.165, 1.54) is 5.69 Å². The Hall–Kier alpha value is -1.88. The SMILES string of the molecule is Cc1nc(C)c(CC(=O)N2CCN(c3ccccc3)CC2)s1. The maximum absolute atomic E-state index is 12.5. The molecule has 1 fully saturated rings. The summed E-state index contributed by atoms with van der Waals surface area (Å²) in [6.45, 7) is 7.37. The topological polar surface area (TPSA) is 36.4 Å². The van der Waals surface area contributed by atoms with Gasteiger partial charge in [-0.25, -0.2) is 4.98 Å². The van der Waals surface area contributed by atoms with Gasteiger partial charge in [-0.05, 0) is 26.0 Å². The summed E-state index contributed by atoms with van der Waals surface area (Å²) in [6.07, 6.45) is 0.489. The van der Waals surface area contributed by atoms with E-state index in [4.69, 9.17) is 0 Å². The molecular formula is C17H21N3OS. The van der Waals surface area contributed by atoms with Crippen LogP contribution in [0.3, 0.4) is 0 Å². The second-order valence-corrected chi connectivity index (χ2v) is 6.91. The average Bonchev–Trinajstić information content (AvgIpc) is 2.86. The van der Waals surface area contributed by atoms with Gasteiger partial charge in [0, 0.05) is 36.7 Å². The van der Waals surface area contributed by atoms with Crippen LogP contribution in [0, 0.1) is 13.8 Å². The van der Waals surface area contributed by atoms with E-state index in [1.807, 2.05) is 24.8 Å². The lowest BCUT2D eigenvalue weighted by Gasteiger charge is -2.36. The first kappa shape index (κ1) is 15.0. The van der Waals surface area contributed by atoms with Gasteiger partial charge in [0.05, 0.1) is 17.1 Å². The van der Waals surface area contributed by atoms with Gasteiger partial charge in [0.25, 0.3) is 0 Å². The lowest BCUT2D eigenvalue weighted by atomic mass is 10.2. The van der Waals surface area contributed by atoms with Gasteiger partial charge in [0.2, 0.25) is 5.91 Å². The molecule has 0 spiro atoms. The second-order valence-electron chi connectivity index (χ2n) is 5.62. The van der Waals surface area contributed by atoms with E-state index < -0.39 is 0 Å². The highest BCUT2D eigenvalue weighted by atomic mass is 32.1. The van der Waals surface area contributed by atoms with E-state index in [2.05, 4.69) is 34.1 Å². The van der Waals surface area contributed by atoms with Gasteiger partial charge in [-0.3, -0.25) is 4.79 Å². The maximum Gasteiger partial charge on any atom is 0.228 e. The first-order chi connectivity index (χ1) is 10.6. The first-order valence-corrected chi connectivity index (χ1v) is 8.46. The fourth-order valence-corrected chi connectivity index (χ4v) is 3.77. The van der Waals surface area contributed by atoms with Crippen molar-refractivity contribution in [1.82, 2.24) is 9.88 Å². The Morgan fingerprint density at radius 1 is 1.14 bits per heavy atom. The van der Waals surface area contributed by atoms with E-state index in [-0.39, 0.29) is 5.91 Å². The number of benzene rings is 1. The molecule has 0 bridgehead atoms. The van der Waals surface area contributed by atoms with Gasteiger partial charge in [-0.1, -0.05) is 18.2 Å². The third-order valence-corrected chi connectivity index (χ3v) is 5.14. The Labute approximate surface area is 135 Å². The standard InChI is InChI=1S/C17H21N3OS/c1-13-16(22-14(2)18-13)12-17(21)20-10-8-19(9-11-20)15-6-4-3-5-7-15/h3-7H,8-12H2,1-2H3. The zero-order chi connectivity index (χ0) is 15.5. The summed E-state index contributed by atoms with van der Waals surface area (Å²) in [4.78, 5) is 22.3. The minimum atomic E-state index is 0.222. The maximum atomic E-state index is 12.5. The predicted octanol–water partition coefficient (Wildman–Crippen LogP) is 2.65. The molecule has 1 aliphatic heterocycles. The van der Waals surface area contributed by atoms with Crippen LogP contribution in [0.25, 0.3) is 0 Å². The zero-order valence-corrected chi connectivity index (χ0v) is 13.9. The summed E-state index contributed by atoms with van der Waals surface area (Å²) < 4.78 is 0. The van der Waals surface area contributed by atoms with Crippen LogP contribution < -0.4 is 4.90 Å². The van der Waals surface area contributed by atoms with Gasteiger partial charge in [0.15, 0.2) is 0 Å². The molecule has 0 aliphatic carbocycles. The number of piperazine rings is 1. The summed E-state index contributed by atoms with van der Waals surface area (Å²) in [6, 6.07) is 10.4. The molecule has 4 nitrogen and oxygen atoms in total. The molecule has 2 aromatic rings. The van der Waals surface area contributed by atoms with Crippen molar-refractivity contribution in [3.63, 3.8) is 0 Å². The van der Waals surface area contributed by atoms with Crippen LogP contribution in [0.2, 0.25) is 0 Å². The third kappa shape index (κ3) is 3.30. The second kappa shape index (κ2) is 6.48. The van der Waals surface area contributed by atoms with Crippen molar-refractivity contribution in [3.05, 3.63) is 45.9 Å². The van der Waals surface area contributed by atoms with Gasteiger partial charge in [-0.15, -0.1) is 11.3 Å². The number of hydrogen-bond donors (Lipinski definition) is 0. The molecule has 2 heterocycles. The number of hydrogen-bond acceptors (Lipinski definition) is 4. The Bertz CT molecular complexity index is 645. The molecule has 1 saturated heterocycles. The van der Waals surface area contributed by atoms with Gasteiger partial charge < -0.3 is 9.80 Å². The summed E-state index contributed by atoms with van der Waals surface area (Å²) in [7, 11) is 0. The molecule has 0 radical (unpaired) electrons. The Balaban J connectivity index is 1.57. The first-order valence-electron chi connectivity index (χ1n) is 7.64. The molecule has 1 aromatic carbocycles. The predicted molar refractivity (Wildman–Crippen MR) is 90.5 cm³/mol. The molecule has 1 aliphatic rings. The number of aromatic nitrogens is 1. The summed E-state index contributed by atoms with van der Waals surface area (Å²) in [5.74, 6) is 0.222. The Kier molecular flexibility index (Phi) is 4.43. The molecule has 0 atom stereocenters. The van der Waals surface area contributed by atoms with Crippen molar-refractivity contribution in [3.8, 4) is 0 Å². The number of carbonyl (C=O) groups is 1. The highest BCUT2D eigenvalue weighted by Crippen LogP contribution is 2.20. The molecule has 1 amide bonds. The van der Waals surface area contributed by atoms with E-state index in [0.29, 0.717) is 6.42 Å². The van der Waals surface area contributed by atoms with Crippen molar-refractivity contribution in [2.75, 3.05) is 31.1 Å². The van der Waals surface area contributed by atoms with Crippen molar-refractivity contribution in [1.29, 1.82) is 0 Å². The molecule has 0 N–H and O–H groups in total. The molecule has 1 aromatic heterocycles. The third-order valence-electron chi connectivity index (χ3n) is 4.07. The largest absolute Gasteiger partial charge is 0.368 e. The van der Waals surface area contributed by atoms with Crippen LogP contribution in [0.15, 0.2) is 30.3 Å². The van der Waals surface area contributed by atoms with Crippen LogP contribution in [0.5, 0.6) is 0 Å². The minimum Gasteiger partial charge on any atom is -0.368 e. The number of para-hydroxylation sites is 1. The van der Waals surface area contributed by atoms with Crippen molar-refractivity contribution >= 4 is 22.9 Å². The number of amides is 1. The number of thiazole rings is 1. The van der Waals surface area contributed by atoms with E-state index in [0.717, 1.165) is 41.8 Å². The number of aryl methyl sites for hydroxylation is 2. The van der Waals surface area contributed by atoms with E-state index in [9.17, 15) is 4.79 Å². The minimum absolute atomic E-state index is 0.222. The van der Waals surface area contributed by atoms with Crippen molar-refractivity contribution in [2.45, 2.75) is 20.3 Å².